The van der Waals surface area contributed by atoms with Crippen LogP contribution in [0.3, 0.4) is 0 Å². The molecule has 2 saturated heterocycles. The standard InChI is InChI=1S/C27H26ClN3O4/c28-21-13-9-19(10-14-21)25-24(27(32)29-17-5-2-6-18-29)26(20-11-15-23(16-12-20)31(33)34)35-30(25)22-7-3-1-4-8-22/h1,3-4,7-16,24-26H,2,5-6,17-18H2/t24-,25-,26+/m0/s1. The van der Waals surface area contributed by atoms with E-state index in [9.17, 15) is 14.9 Å². The average molecular weight is 492 g/mol. The molecular weight excluding hydrogens is 466 g/mol. The lowest BCUT2D eigenvalue weighted by Gasteiger charge is -2.33. The zero-order valence-corrected chi connectivity index (χ0v) is 19.9. The number of hydroxylamine groups is 1. The summed E-state index contributed by atoms with van der Waals surface area (Å²) in [5.74, 6) is -0.512. The molecule has 0 bridgehead atoms. The van der Waals surface area contributed by atoms with E-state index >= 15 is 0 Å². The third-order valence-corrected chi connectivity index (χ3v) is 7.01. The normalized spacial score (nSPS) is 22.3. The van der Waals surface area contributed by atoms with E-state index in [1.807, 2.05) is 64.6 Å². The molecule has 7 nitrogen and oxygen atoms in total. The van der Waals surface area contributed by atoms with Gasteiger partial charge in [0.25, 0.3) is 5.69 Å². The Labute approximate surface area is 209 Å². The number of piperidine rings is 1. The second kappa shape index (κ2) is 10.1. The lowest BCUT2D eigenvalue weighted by atomic mass is 9.84. The zero-order valence-electron chi connectivity index (χ0n) is 19.1. The maximum atomic E-state index is 14.1. The first-order valence-corrected chi connectivity index (χ1v) is 12.2. The Bertz CT molecular complexity index is 1180. The Morgan fingerprint density at radius 2 is 1.51 bits per heavy atom. The third kappa shape index (κ3) is 4.74. The number of hydrogen-bond acceptors (Lipinski definition) is 5. The Morgan fingerprint density at radius 1 is 0.886 bits per heavy atom. The van der Waals surface area contributed by atoms with Crippen molar-refractivity contribution in [3.05, 3.63) is 105 Å². The van der Waals surface area contributed by atoms with Crippen LogP contribution in [0.2, 0.25) is 5.02 Å². The summed E-state index contributed by atoms with van der Waals surface area (Å²) in [5, 5.41) is 13.6. The van der Waals surface area contributed by atoms with Crippen molar-refractivity contribution in [2.45, 2.75) is 31.4 Å². The lowest BCUT2D eigenvalue weighted by Crippen LogP contribution is -2.42. The number of halogens is 1. The first-order valence-electron chi connectivity index (χ1n) is 11.8. The molecule has 2 heterocycles. The number of carbonyl (C=O) groups excluding carboxylic acids is 1. The number of likely N-dealkylation sites (tertiary alicyclic amines) is 1. The molecule has 3 atom stereocenters. The maximum Gasteiger partial charge on any atom is 0.269 e. The molecule has 2 aliphatic rings. The highest BCUT2D eigenvalue weighted by Gasteiger charge is 2.50. The number of hydrogen-bond donors (Lipinski definition) is 0. The number of carbonyl (C=O) groups is 1. The molecule has 0 aromatic heterocycles. The van der Waals surface area contributed by atoms with Crippen molar-refractivity contribution in [1.82, 2.24) is 4.90 Å². The highest BCUT2D eigenvalue weighted by atomic mass is 35.5. The summed E-state index contributed by atoms with van der Waals surface area (Å²) in [5.41, 5.74) is 2.47. The fourth-order valence-electron chi connectivity index (χ4n) is 5.01. The van der Waals surface area contributed by atoms with Gasteiger partial charge in [-0.15, -0.1) is 0 Å². The fourth-order valence-corrected chi connectivity index (χ4v) is 5.13. The van der Waals surface area contributed by atoms with Crippen LogP contribution < -0.4 is 5.06 Å². The van der Waals surface area contributed by atoms with Gasteiger partial charge in [-0.3, -0.25) is 19.7 Å². The van der Waals surface area contributed by atoms with Crippen molar-refractivity contribution in [2.75, 3.05) is 18.2 Å². The molecule has 2 aliphatic heterocycles. The Hall–Kier alpha value is -3.42. The molecule has 35 heavy (non-hydrogen) atoms. The number of nitrogens with zero attached hydrogens (tertiary/aromatic N) is 3. The van der Waals surface area contributed by atoms with E-state index in [-0.39, 0.29) is 11.6 Å². The van der Waals surface area contributed by atoms with Crippen LogP contribution in [-0.2, 0) is 9.63 Å². The quantitative estimate of drug-likeness (QED) is 0.318. The first kappa shape index (κ1) is 23.3. The molecule has 1 amide bonds. The van der Waals surface area contributed by atoms with Gasteiger partial charge in [0.15, 0.2) is 0 Å². The van der Waals surface area contributed by atoms with E-state index in [4.69, 9.17) is 16.4 Å². The number of rotatable bonds is 5. The number of nitro groups is 1. The van der Waals surface area contributed by atoms with Gasteiger partial charge in [-0.05, 0) is 66.8 Å². The minimum Gasteiger partial charge on any atom is -0.342 e. The van der Waals surface area contributed by atoms with Crippen molar-refractivity contribution in [3.63, 3.8) is 0 Å². The molecule has 3 aromatic carbocycles. The smallest absolute Gasteiger partial charge is 0.269 e. The highest BCUT2D eigenvalue weighted by molar-refractivity contribution is 6.30. The van der Waals surface area contributed by atoms with Crippen molar-refractivity contribution in [1.29, 1.82) is 0 Å². The summed E-state index contributed by atoms with van der Waals surface area (Å²) < 4.78 is 0. The zero-order chi connectivity index (χ0) is 24.4. The molecule has 0 N–H and O–H groups in total. The summed E-state index contributed by atoms with van der Waals surface area (Å²) >= 11 is 6.18. The van der Waals surface area contributed by atoms with Gasteiger partial charge in [-0.25, -0.2) is 5.06 Å². The third-order valence-electron chi connectivity index (χ3n) is 6.75. The van der Waals surface area contributed by atoms with E-state index in [0.717, 1.165) is 49.2 Å². The van der Waals surface area contributed by atoms with Crippen molar-refractivity contribution < 1.29 is 14.6 Å². The minimum atomic E-state index is -0.605. The van der Waals surface area contributed by atoms with Gasteiger partial charge in [0.1, 0.15) is 6.10 Å². The van der Waals surface area contributed by atoms with Crippen molar-refractivity contribution >= 4 is 28.9 Å². The summed E-state index contributed by atoms with van der Waals surface area (Å²) in [6, 6.07) is 23.1. The summed E-state index contributed by atoms with van der Waals surface area (Å²) in [6.45, 7) is 1.45. The van der Waals surface area contributed by atoms with Gasteiger partial charge in [0.05, 0.1) is 22.6 Å². The van der Waals surface area contributed by atoms with Gasteiger partial charge >= 0.3 is 0 Å². The molecule has 0 unspecified atom stereocenters. The second-order valence-electron chi connectivity index (χ2n) is 8.94. The van der Waals surface area contributed by atoms with Crippen LogP contribution >= 0.6 is 11.6 Å². The highest BCUT2D eigenvalue weighted by Crippen LogP contribution is 2.50. The number of benzene rings is 3. The van der Waals surface area contributed by atoms with E-state index in [0.29, 0.717) is 5.02 Å². The Kier molecular flexibility index (Phi) is 6.70. The summed E-state index contributed by atoms with van der Waals surface area (Å²) in [6.07, 6.45) is 2.48. The van der Waals surface area contributed by atoms with Gasteiger partial charge < -0.3 is 4.90 Å². The molecule has 0 aliphatic carbocycles. The van der Waals surface area contributed by atoms with Gasteiger partial charge in [-0.1, -0.05) is 41.9 Å². The number of non-ortho nitro benzene ring substituents is 1. The number of nitro benzene ring substituents is 1. The fraction of sp³-hybridized carbons (Fsp3) is 0.296. The summed E-state index contributed by atoms with van der Waals surface area (Å²) in [4.78, 5) is 33.3. The number of para-hydroxylation sites is 1. The monoisotopic (exact) mass is 491 g/mol. The molecule has 3 aromatic rings. The van der Waals surface area contributed by atoms with E-state index in [1.54, 1.807) is 12.1 Å². The molecule has 0 radical (unpaired) electrons. The average Bonchev–Trinajstić information content (AvgIpc) is 3.30. The van der Waals surface area contributed by atoms with Gasteiger partial charge in [-0.2, -0.15) is 0 Å². The topological polar surface area (TPSA) is 75.9 Å². The van der Waals surface area contributed by atoms with Crippen LogP contribution in [0.1, 0.15) is 42.5 Å². The number of amides is 1. The largest absolute Gasteiger partial charge is 0.342 e. The van der Waals surface area contributed by atoms with E-state index in [2.05, 4.69) is 0 Å². The maximum absolute atomic E-state index is 14.1. The SMILES string of the molecule is O=C([C@@H]1[C@@H](c2ccc([N+](=O)[O-])cc2)ON(c2ccccc2)[C@H]1c1ccc(Cl)cc1)N1CCCCC1. The number of anilines is 1. The van der Waals surface area contributed by atoms with Crippen LogP contribution in [0, 0.1) is 16.0 Å². The van der Waals surface area contributed by atoms with Crippen molar-refractivity contribution in [2.24, 2.45) is 5.92 Å². The van der Waals surface area contributed by atoms with Gasteiger partial charge in [0.2, 0.25) is 5.91 Å². The molecule has 2 fully saturated rings. The molecule has 5 rings (SSSR count). The molecular formula is C27H26ClN3O4. The molecule has 0 saturated carbocycles. The Balaban J connectivity index is 1.61. The van der Waals surface area contributed by atoms with Crippen LogP contribution in [0.25, 0.3) is 0 Å². The molecule has 8 heteroatoms. The van der Waals surface area contributed by atoms with Crippen LogP contribution in [-0.4, -0.2) is 28.8 Å². The van der Waals surface area contributed by atoms with E-state index in [1.165, 1.54) is 12.1 Å². The Morgan fingerprint density at radius 3 is 2.14 bits per heavy atom. The summed E-state index contributed by atoms with van der Waals surface area (Å²) in [7, 11) is 0. The van der Waals surface area contributed by atoms with E-state index < -0.39 is 23.0 Å². The first-order chi connectivity index (χ1) is 17.0. The predicted octanol–water partition coefficient (Wildman–Crippen LogP) is 6.11. The molecule has 180 valence electrons. The van der Waals surface area contributed by atoms with Crippen LogP contribution in [0.15, 0.2) is 78.9 Å². The molecule has 0 spiro atoms. The van der Waals surface area contributed by atoms with Gasteiger partial charge in [0, 0.05) is 30.2 Å². The predicted molar refractivity (Wildman–Crippen MR) is 134 cm³/mol. The minimum absolute atomic E-state index is 0.000166. The van der Waals surface area contributed by atoms with Crippen molar-refractivity contribution in [3.8, 4) is 0 Å². The van der Waals surface area contributed by atoms with Crippen LogP contribution in [0.4, 0.5) is 11.4 Å². The lowest BCUT2D eigenvalue weighted by molar-refractivity contribution is -0.384. The van der Waals surface area contributed by atoms with Crippen LogP contribution in [0.5, 0.6) is 0 Å². The second-order valence-corrected chi connectivity index (χ2v) is 9.38.